The molecular weight excluding hydrogens is 863 g/mol. The second kappa shape index (κ2) is 50.0. The predicted molar refractivity (Wildman–Crippen MR) is 290 cm³/mol. The van der Waals surface area contributed by atoms with E-state index >= 15 is 0 Å². The fourth-order valence-electron chi connectivity index (χ4n) is 9.49. The zero-order valence-electron chi connectivity index (χ0n) is 45.1. The lowest BCUT2D eigenvalue weighted by molar-refractivity contribution is -0.302. The van der Waals surface area contributed by atoms with Crippen molar-refractivity contribution in [2.75, 3.05) is 13.2 Å². The van der Waals surface area contributed by atoms with Crippen LogP contribution >= 0.6 is 0 Å². The highest BCUT2D eigenvalue weighted by molar-refractivity contribution is 5.76. The summed E-state index contributed by atoms with van der Waals surface area (Å²) < 4.78 is 11.2. The van der Waals surface area contributed by atoms with Crippen LogP contribution in [0.4, 0.5) is 0 Å². The van der Waals surface area contributed by atoms with Gasteiger partial charge in [0.1, 0.15) is 24.4 Å². The van der Waals surface area contributed by atoms with Crippen LogP contribution in [-0.4, -0.2) is 87.5 Å². The predicted octanol–water partition coefficient (Wildman–Crippen LogP) is 14.7. The molecule has 0 bridgehead atoms. The van der Waals surface area contributed by atoms with E-state index in [1.54, 1.807) is 6.08 Å². The Morgan fingerprint density at radius 3 is 1.22 bits per heavy atom. The number of nitrogens with one attached hydrogen (secondary N) is 1. The van der Waals surface area contributed by atoms with Crippen molar-refractivity contribution in [3.05, 3.63) is 36.5 Å². The molecule has 0 aromatic heterocycles. The molecule has 0 aromatic rings. The summed E-state index contributed by atoms with van der Waals surface area (Å²) in [4.78, 5) is 13.0. The Labute approximate surface area is 425 Å². The molecule has 7 atom stereocenters. The Morgan fingerprint density at radius 1 is 0.478 bits per heavy atom. The minimum absolute atomic E-state index is 0.189. The Balaban J connectivity index is 2.17. The second-order valence-electron chi connectivity index (χ2n) is 20.8. The van der Waals surface area contributed by atoms with Gasteiger partial charge in [-0.2, -0.15) is 0 Å². The molecule has 1 aliphatic rings. The van der Waals surface area contributed by atoms with Gasteiger partial charge in [-0.25, -0.2) is 0 Å². The summed E-state index contributed by atoms with van der Waals surface area (Å²) in [7, 11) is 0. The molecule has 1 rings (SSSR count). The van der Waals surface area contributed by atoms with Gasteiger partial charge >= 0.3 is 0 Å². The maximum absolute atomic E-state index is 13.0. The van der Waals surface area contributed by atoms with Gasteiger partial charge < -0.3 is 40.3 Å². The van der Waals surface area contributed by atoms with Crippen molar-refractivity contribution < 1.29 is 39.8 Å². The topological polar surface area (TPSA) is 149 Å². The molecule has 0 aliphatic carbocycles. The van der Waals surface area contributed by atoms with E-state index < -0.39 is 49.5 Å². The third kappa shape index (κ3) is 39.6. The molecule has 0 spiro atoms. The summed E-state index contributed by atoms with van der Waals surface area (Å²) in [6.07, 6.45) is 58.1. The Kier molecular flexibility index (Phi) is 47.4. The van der Waals surface area contributed by atoms with Crippen molar-refractivity contribution in [3.8, 4) is 0 Å². The van der Waals surface area contributed by atoms with Crippen molar-refractivity contribution in [1.29, 1.82) is 0 Å². The molecule has 0 radical (unpaired) electrons. The zero-order valence-corrected chi connectivity index (χ0v) is 45.1. The van der Waals surface area contributed by atoms with Crippen molar-refractivity contribution >= 4 is 5.91 Å². The highest BCUT2D eigenvalue weighted by Crippen LogP contribution is 2.23. The van der Waals surface area contributed by atoms with Crippen LogP contribution in [0.1, 0.15) is 284 Å². The fourth-order valence-corrected chi connectivity index (χ4v) is 9.49. The van der Waals surface area contributed by atoms with E-state index in [9.17, 15) is 30.3 Å². The van der Waals surface area contributed by atoms with E-state index in [-0.39, 0.29) is 12.5 Å². The van der Waals surface area contributed by atoms with Crippen LogP contribution in [0.5, 0.6) is 0 Å². The first-order chi connectivity index (χ1) is 33.8. The maximum atomic E-state index is 13.0. The Morgan fingerprint density at radius 2 is 0.826 bits per heavy atom. The van der Waals surface area contributed by atoms with E-state index in [0.717, 1.165) is 44.9 Å². The van der Waals surface area contributed by atoms with Crippen LogP contribution in [0.2, 0.25) is 0 Å². The summed E-state index contributed by atoms with van der Waals surface area (Å²) in [5.41, 5.74) is 0. The van der Waals surface area contributed by atoms with Gasteiger partial charge in [-0.1, -0.05) is 269 Å². The third-order valence-corrected chi connectivity index (χ3v) is 14.2. The zero-order chi connectivity index (χ0) is 50.1. The van der Waals surface area contributed by atoms with Crippen molar-refractivity contribution in [2.24, 2.45) is 0 Å². The summed E-state index contributed by atoms with van der Waals surface area (Å²) >= 11 is 0. The lowest BCUT2D eigenvalue weighted by atomic mass is 9.99. The second-order valence-corrected chi connectivity index (χ2v) is 20.8. The van der Waals surface area contributed by atoms with Gasteiger partial charge in [0.2, 0.25) is 5.91 Å². The number of amides is 1. The number of ether oxygens (including phenoxy) is 2. The van der Waals surface area contributed by atoms with Crippen LogP contribution < -0.4 is 5.32 Å². The van der Waals surface area contributed by atoms with Crippen LogP contribution in [0.3, 0.4) is 0 Å². The fraction of sp³-hybridized carbons (Fsp3) is 0.883. The molecule has 406 valence electrons. The number of carbonyl (C=O) groups excluding carboxylic acids is 1. The molecule has 1 aliphatic heterocycles. The van der Waals surface area contributed by atoms with Gasteiger partial charge in [-0.3, -0.25) is 4.79 Å². The monoisotopic (exact) mass is 976 g/mol. The molecule has 7 unspecified atom stereocenters. The molecule has 9 heteroatoms. The molecule has 1 heterocycles. The highest BCUT2D eigenvalue weighted by Gasteiger charge is 2.44. The Bertz CT molecular complexity index is 1180. The highest BCUT2D eigenvalue weighted by atomic mass is 16.7. The maximum Gasteiger partial charge on any atom is 0.220 e. The summed E-state index contributed by atoms with van der Waals surface area (Å²) in [6.45, 7) is 3.78. The standard InChI is InChI=1S/C60H113NO8/c1-3-5-7-9-11-13-15-17-18-19-20-21-22-23-24-25-26-27-28-29-30-31-32-33-34-35-36-38-39-41-43-45-47-49-54(63)53(52-68-60-59(67)58(66)57(65)55(51-62)69-60)61-56(64)50-48-46-44-42-40-37-16-14-12-10-8-6-4-2/h34-35,39,41,47,49,53-55,57-60,62-63,65-67H,3-33,36-38,40,42-46,48,50-52H2,1-2H3,(H,61,64)/b35-34+,41-39+,49-47+. The van der Waals surface area contributed by atoms with E-state index in [1.807, 2.05) is 6.08 Å². The first-order valence-corrected chi connectivity index (χ1v) is 29.7. The average Bonchev–Trinajstić information content (AvgIpc) is 3.35. The largest absolute Gasteiger partial charge is 0.394 e. The average molecular weight is 977 g/mol. The first kappa shape index (κ1) is 65.4. The molecule has 9 nitrogen and oxygen atoms in total. The molecule has 1 fully saturated rings. The first-order valence-electron chi connectivity index (χ1n) is 29.7. The van der Waals surface area contributed by atoms with Gasteiger partial charge in [0.25, 0.3) is 0 Å². The van der Waals surface area contributed by atoms with E-state index in [2.05, 4.69) is 43.5 Å². The number of carbonyl (C=O) groups is 1. The number of aliphatic hydroxyl groups is 5. The van der Waals surface area contributed by atoms with Gasteiger partial charge in [0.15, 0.2) is 6.29 Å². The quantitative estimate of drug-likeness (QED) is 0.0261. The van der Waals surface area contributed by atoms with Gasteiger partial charge in [0, 0.05) is 6.42 Å². The molecule has 0 aromatic carbocycles. The van der Waals surface area contributed by atoms with Gasteiger partial charge in [-0.05, 0) is 44.9 Å². The van der Waals surface area contributed by atoms with E-state index in [0.29, 0.717) is 6.42 Å². The number of hydrogen-bond donors (Lipinski definition) is 6. The number of aliphatic hydroxyl groups excluding tert-OH is 5. The summed E-state index contributed by atoms with van der Waals surface area (Å²) in [6, 6.07) is -0.825. The number of hydrogen-bond acceptors (Lipinski definition) is 8. The van der Waals surface area contributed by atoms with Crippen LogP contribution in [0.25, 0.3) is 0 Å². The number of unbranched alkanes of at least 4 members (excludes halogenated alkanes) is 37. The Hall–Kier alpha value is -1.59. The number of rotatable bonds is 51. The minimum atomic E-state index is -1.57. The summed E-state index contributed by atoms with van der Waals surface area (Å²) in [5.74, 6) is -0.189. The molecule has 0 saturated carbocycles. The van der Waals surface area contributed by atoms with E-state index in [1.165, 1.54) is 218 Å². The van der Waals surface area contributed by atoms with Crippen molar-refractivity contribution in [1.82, 2.24) is 5.32 Å². The van der Waals surface area contributed by atoms with Gasteiger partial charge in [-0.15, -0.1) is 0 Å². The normalized spacial score (nSPS) is 19.7. The molecule has 1 amide bonds. The molecular formula is C60H113NO8. The van der Waals surface area contributed by atoms with E-state index in [4.69, 9.17) is 9.47 Å². The van der Waals surface area contributed by atoms with Crippen LogP contribution in [0, 0.1) is 0 Å². The number of allylic oxidation sites excluding steroid dienone is 5. The molecule has 69 heavy (non-hydrogen) atoms. The van der Waals surface area contributed by atoms with Crippen LogP contribution in [0.15, 0.2) is 36.5 Å². The lowest BCUT2D eigenvalue weighted by Crippen LogP contribution is -2.60. The molecule has 1 saturated heterocycles. The van der Waals surface area contributed by atoms with Gasteiger partial charge in [0.05, 0.1) is 25.4 Å². The SMILES string of the molecule is CCCCCCCCCCCCCCCCCCCCCCCCC/C=C/CC/C=C/CC/C=C/C(O)C(COC1OC(CO)C(O)C(O)C1O)NC(=O)CCCCCCCCCCCCCCC. The molecule has 6 N–H and O–H groups in total. The lowest BCUT2D eigenvalue weighted by Gasteiger charge is -2.40. The summed E-state index contributed by atoms with van der Waals surface area (Å²) in [5, 5.41) is 54.4. The third-order valence-electron chi connectivity index (χ3n) is 14.2. The minimum Gasteiger partial charge on any atom is -0.394 e. The van der Waals surface area contributed by atoms with Crippen LogP contribution in [-0.2, 0) is 14.3 Å². The smallest absolute Gasteiger partial charge is 0.220 e. The van der Waals surface area contributed by atoms with Crippen molar-refractivity contribution in [2.45, 2.75) is 326 Å². The van der Waals surface area contributed by atoms with Crippen molar-refractivity contribution in [3.63, 3.8) is 0 Å².